The molecule has 0 aliphatic heterocycles. The molecule has 3 rings (SSSR count). The molecule has 0 unspecified atom stereocenters. The van der Waals surface area contributed by atoms with Crippen molar-refractivity contribution in [3.05, 3.63) is 47.9 Å². The zero-order chi connectivity index (χ0) is 23.8. The second kappa shape index (κ2) is 11.4. The zero-order valence-corrected chi connectivity index (χ0v) is 19.7. The van der Waals surface area contributed by atoms with Crippen LogP contribution in [0.2, 0.25) is 0 Å². The van der Waals surface area contributed by atoms with Gasteiger partial charge < -0.3 is 23.9 Å². The first-order chi connectivity index (χ1) is 16.0. The Morgan fingerprint density at radius 2 is 1.85 bits per heavy atom. The van der Waals surface area contributed by atoms with Crippen molar-refractivity contribution in [2.45, 2.75) is 25.8 Å². The van der Waals surface area contributed by atoms with Gasteiger partial charge in [-0.1, -0.05) is 0 Å². The molecule has 0 aliphatic rings. The molecule has 3 aromatic rings. The van der Waals surface area contributed by atoms with Gasteiger partial charge in [0.1, 0.15) is 10.6 Å². The van der Waals surface area contributed by atoms with Crippen LogP contribution < -0.4 is 14.8 Å². The molecule has 0 fully saturated rings. The molecule has 9 nitrogen and oxygen atoms in total. The number of hydrogen-bond acceptors (Lipinski definition) is 9. The van der Waals surface area contributed by atoms with Gasteiger partial charge in [0.2, 0.25) is 0 Å². The van der Waals surface area contributed by atoms with E-state index in [9.17, 15) is 9.59 Å². The van der Waals surface area contributed by atoms with Crippen molar-refractivity contribution in [1.82, 2.24) is 9.97 Å². The number of nitrogens with zero attached hydrogens (tertiary/aromatic N) is 2. The number of aromatic nitrogens is 2. The lowest BCUT2D eigenvalue weighted by Crippen LogP contribution is -2.22. The average Bonchev–Trinajstić information content (AvgIpc) is 3.34. The van der Waals surface area contributed by atoms with E-state index in [2.05, 4.69) is 15.3 Å². The van der Waals surface area contributed by atoms with Crippen LogP contribution in [0.5, 0.6) is 11.5 Å². The van der Waals surface area contributed by atoms with Gasteiger partial charge in [0, 0.05) is 11.8 Å². The molecule has 0 saturated carbocycles. The predicted molar refractivity (Wildman–Crippen MR) is 124 cm³/mol. The molecule has 174 valence electrons. The number of esters is 1. The number of carbonyl (C=O) groups excluding carboxylic acids is 2. The van der Waals surface area contributed by atoms with Gasteiger partial charge in [-0.25, -0.2) is 14.8 Å². The van der Waals surface area contributed by atoms with Crippen molar-refractivity contribution >= 4 is 29.3 Å². The number of rotatable bonds is 10. The number of furan rings is 1. The highest BCUT2D eigenvalue weighted by Gasteiger charge is 2.22. The molecular formula is C23H25N3O6S. The van der Waals surface area contributed by atoms with E-state index in [1.54, 1.807) is 43.5 Å². The average molecular weight is 472 g/mol. The van der Waals surface area contributed by atoms with Crippen molar-refractivity contribution in [3.63, 3.8) is 0 Å². The van der Waals surface area contributed by atoms with Crippen molar-refractivity contribution in [1.29, 1.82) is 0 Å². The van der Waals surface area contributed by atoms with Gasteiger partial charge in [-0.3, -0.25) is 4.79 Å². The molecule has 2 aromatic heterocycles. The Morgan fingerprint density at radius 3 is 2.52 bits per heavy atom. The summed E-state index contributed by atoms with van der Waals surface area (Å²) in [6, 6.07) is 8.52. The Kier molecular flexibility index (Phi) is 8.31. The van der Waals surface area contributed by atoms with Gasteiger partial charge in [0.15, 0.2) is 29.7 Å². The Labute approximate surface area is 195 Å². The van der Waals surface area contributed by atoms with Gasteiger partial charge in [0.25, 0.3) is 5.91 Å². The van der Waals surface area contributed by atoms with Crippen LogP contribution in [0.1, 0.15) is 29.9 Å². The molecule has 2 heterocycles. The van der Waals surface area contributed by atoms with E-state index in [0.717, 1.165) is 0 Å². The maximum atomic E-state index is 12.7. The van der Waals surface area contributed by atoms with Crippen LogP contribution in [-0.4, -0.2) is 47.9 Å². The Balaban J connectivity index is 1.67. The smallest absolute Gasteiger partial charge is 0.343 e. The van der Waals surface area contributed by atoms with E-state index in [1.165, 1.54) is 18.0 Å². The van der Waals surface area contributed by atoms with Gasteiger partial charge in [-0.05, 0) is 51.3 Å². The number of nitrogens with one attached hydrogen (secondary N) is 1. The van der Waals surface area contributed by atoms with Crippen molar-refractivity contribution in [3.8, 4) is 23.1 Å². The highest BCUT2D eigenvalue weighted by molar-refractivity contribution is 7.98. The van der Waals surface area contributed by atoms with Gasteiger partial charge >= 0.3 is 5.97 Å². The van der Waals surface area contributed by atoms with Crippen LogP contribution in [0.4, 0.5) is 5.69 Å². The summed E-state index contributed by atoms with van der Waals surface area (Å²) < 4.78 is 21.6. The van der Waals surface area contributed by atoms with Crippen LogP contribution in [0.15, 0.2) is 46.0 Å². The minimum Gasteiger partial charge on any atom is -0.490 e. The standard InChI is InChI=1S/C23H25N3O6S/c1-5-29-16-10-9-15(12-18(16)30-6-2)25-19(27)13-32-23(28)20-14(3)24-21(26-22(20)33-4)17-8-7-11-31-17/h7-12H,5-6,13H2,1-4H3,(H,25,27). The fraction of sp³-hybridized carbons (Fsp3) is 0.304. The summed E-state index contributed by atoms with van der Waals surface area (Å²) >= 11 is 1.28. The fourth-order valence-electron chi connectivity index (χ4n) is 2.97. The molecule has 0 atom stereocenters. The molecule has 10 heteroatoms. The third-order valence-electron chi connectivity index (χ3n) is 4.36. The molecule has 0 spiro atoms. The maximum absolute atomic E-state index is 12.7. The number of ether oxygens (including phenoxy) is 3. The van der Waals surface area contributed by atoms with Crippen molar-refractivity contribution < 1.29 is 28.2 Å². The summed E-state index contributed by atoms with van der Waals surface area (Å²) in [6.45, 7) is 5.89. The van der Waals surface area contributed by atoms with E-state index < -0.39 is 18.5 Å². The lowest BCUT2D eigenvalue weighted by molar-refractivity contribution is -0.119. The van der Waals surface area contributed by atoms with Gasteiger partial charge in [-0.15, -0.1) is 11.8 Å². The number of thioether (sulfide) groups is 1. The maximum Gasteiger partial charge on any atom is 0.343 e. The first kappa shape index (κ1) is 24.1. The van der Waals surface area contributed by atoms with E-state index >= 15 is 0 Å². The van der Waals surface area contributed by atoms with Crippen LogP contribution in [-0.2, 0) is 9.53 Å². The largest absolute Gasteiger partial charge is 0.490 e. The minimum atomic E-state index is -0.681. The molecule has 0 saturated heterocycles. The third-order valence-corrected chi connectivity index (χ3v) is 5.04. The molecule has 1 aromatic carbocycles. The first-order valence-corrected chi connectivity index (χ1v) is 11.5. The highest BCUT2D eigenvalue weighted by Crippen LogP contribution is 2.30. The molecule has 0 aliphatic carbocycles. The molecule has 1 amide bonds. The highest BCUT2D eigenvalue weighted by atomic mass is 32.2. The van der Waals surface area contributed by atoms with Gasteiger partial charge in [-0.2, -0.15) is 0 Å². The summed E-state index contributed by atoms with van der Waals surface area (Å²) in [7, 11) is 0. The van der Waals surface area contributed by atoms with Crippen molar-refractivity contribution in [2.24, 2.45) is 0 Å². The molecule has 0 bridgehead atoms. The quantitative estimate of drug-likeness (QED) is 0.262. The van der Waals surface area contributed by atoms with Crippen LogP contribution in [0.25, 0.3) is 11.6 Å². The number of anilines is 1. The zero-order valence-electron chi connectivity index (χ0n) is 18.8. The number of hydrogen-bond donors (Lipinski definition) is 1. The number of amides is 1. The summed E-state index contributed by atoms with van der Waals surface area (Å²) in [5.74, 6) is 0.794. The minimum absolute atomic E-state index is 0.213. The van der Waals surface area contributed by atoms with Crippen molar-refractivity contribution in [2.75, 3.05) is 31.4 Å². The summed E-state index contributed by atoms with van der Waals surface area (Å²) in [5.41, 5.74) is 1.14. The Morgan fingerprint density at radius 1 is 1.09 bits per heavy atom. The number of aryl methyl sites for hydroxylation is 1. The van der Waals surface area contributed by atoms with E-state index in [-0.39, 0.29) is 5.56 Å². The van der Waals surface area contributed by atoms with Crippen LogP contribution in [0, 0.1) is 6.92 Å². The predicted octanol–water partition coefficient (Wildman–Crippen LogP) is 4.36. The lowest BCUT2D eigenvalue weighted by Gasteiger charge is -2.13. The summed E-state index contributed by atoms with van der Waals surface area (Å²) in [6.07, 6.45) is 3.31. The third kappa shape index (κ3) is 6.04. The van der Waals surface area contributed by atoms with Crippen LogP contribution in [0.3, 0.4) is 0 Å². The summed E-state index contributed by atoms with van der Waals surface area (Å²) in [5, 5.41) is 3.12. The first-order valence-electron chi connectivity index (χ1n) is 10.3. The topological polar surface area (TPSA) is 113 Å². The normalized spacial score (nSPS) is 10.5. The SMILES string of the molecule is CCOc1ccc(NC(=O)COC(=O)c2c(C)nc(-c3ccco3)nc2SC)cc1OCC. The Bertz CT molecular complexity index is 1120. The molecule has 1 N–H and O–H groups in total. The van der Waals surface area contributed by atoms with E-state index in [0.29, 0.717) is 52.7 Å². The molecule has 0 radical (unpaired) electrons. The second-order valence-corrected chi connectivity index (χ2v) is 7.44. The molecular weight excluding hydrogens is 446 g/mol. The number of carbonyl (C=O) groups is 2. The Hall–Kier alpha value is -3.53. The molecule has 33 heavy (non-hydrogen) atoms. The summed E-state index contributed by atoms with van der Waals surface area (Å²) in [4.78, 5) is 33.8. The van der Waals surface area contributed by atoms with E-state index in [4.69, 9.17) is 18.6 Å². The number of benzene rings is 1. The monoisotopic (exact) mass is 471 g/mol. The second-order valence-electron chi connectivity index (χ2n) is 6.65. The lowest BCUT2D eigenvalue weighted by atomic mass is 10.2. The van der Waals surface area contributed by atoms with Gasteiger partial charge in [0.05, 0.1) is 25.2 Å². The fourth-order valence-corrected chi connectivity index (χ4v) is 3.59. The van der Waals surface area contributed by atoms with E-state index in [1.807, 2.05) is 13.8 Å². The van der Waals surface area contributed by atoms with Crippen LogP contribution >= 0.6 is 11.8 Å².